The van der Waals surface area contributed by atoms with Crippen LogP contribution in [0, 0.1) is 17.8 Å². The number of rotatable bonds is 2. The molecule has 0 aliphatic heterocycles. The Kier molecular flexibility index (Phi) is 2.48. The topological polar surface area (TPSA) is 17.1 Å². The smallest absolute Gasteiger partial charge is 0.177 e. The molecule has 3 unspecified atom stereocenters. The summed E-state index contributed by atoms with van der Waals surface area (Å²) in [7, 11) is 0. The van der Waals surface area contributed by atoms with Gasteiger partial charge in [-0.05, 0) is 58.5 Å². The van der Waals surface area contributed by atoms with Gasteiger partial charge in [0.05, 0.1) is 4.88 Å². The summed E-state index contributed by atoms with van der Waals surface area (Å²) < 4.78 is 0.986. The molecule has 2 saturated carbocycles. The summed E-state index contributed by atoms with van der Waals surface area (Å²) in [6.07, 6.45) is 5.09. The molecule has 0 amide bonds. The number of carbonyl (C=O) groups excluding carboxylic acids is 1. The van der Waals surface area contributed by atoms with Crippen LogP contribution in [0.2, 0.25) is 0 Å². The quantitative estimate of drug-likeness (QED) is 0.747. The third-order valence-electron chi connectivity index (χ3n) is 3.92. The van der Waals surface area contributed by atoms with Crippen LogP contribution in [0.3, 0.4) is 0 Å². The van der Waals surface area contributed by atoms with Crippen molar-refractivity contribution in [3.05, 3.63) is 20.8 Å². The van der Waals surface area contributed by atoms with Crippen molar-refractivity contribution in [1.82, 2.24) is 0 Å². The fourth-order valence-electron chi connectivity index (χ4n) is 3.20. The summed E-state index contributed by atoms with van der Waals surface area (Å²) >= 11 is 5.03. The summed E-state index contributed by atoms with van der Waals surface area (Å²) in [4.78, 5) is 13.2. The molecule has 0 saturated heterocycles. The summed E-state index contributed by atoms with van der Waals surface area (Å²) in [6.45, 7) is 0. The zero-order valence-corrected chi connectivity index (χ0v) is 10.8. The molecule has 80 valence electrons. The monoisotopic (exact) mass is 284 g/mol. The van der Waals surface area contributed by atoms with Gasteiger partial charge in [-0.2, -0.15) is 0 Å². The molecule has 3 rings (SSSR count). The first-order valence-electron chi connectivity index (χ1n) is 5.53. The largest absolute Gasteiger partial charge is 0.293 e. The van der Waals surface area contributed by atoms with Crippen LogP contribution in [0.1, 0.15) is 35.4 Å². The first-order valence-corrected chi connectivity index (χ1v) is 7.20. The van der Waals surface area contributed by atoms with E-state index in [0.29, 0.717) is 17.6 Å². The number of halogens is 1. The SMILES string of the molecule is O=C(c1sccc1Br)C1CC2CCC1C2. The van der Waals surface area contributed by atoms with E-state index in [2.05, 4.69) is 15.9 Å². The Hall–Kier alpha value is -0.150. The molecule has 15 heavy (non-hydrogen) atoms. The van der Waals surface area contributed by atoms with Gasteiger partial charge in [0.2, 0.25) is 0 Å². The van der Waals surface area contributed by atoms with Gasteiger partial charge in [-0.15, -0.1) is 11.3 Å². The van der Waals surface area contributed by atoms with Crippen LogP contribution in [-0.4, -0.2) is 5.78 Å². The molecular formula is C12H13BrOS. The number of Topliss-reactive ketones (excluding diaryl/α,β-unsaturated/α-hetero) is 1. The van der Waals surface area contributed by atoms with E-state index < -0.39 is 0 Å². The van der Waals surface area contributed by atoms with Crippen molar-refractivity contribution in [3.63, 3.8) is 0 Å². The van der Waals surface area contributed by atoms with E-state index in [1.165, 1.54) is 19.3 Å². The number of ketones is 1. The van der Waals surface area contributed by atoms with Crippen molar-refractivity contribution in [2.45, 2.75) is 25.7 Å². The summed E-state index contributed by atoms with van der Waals surface area (Å²) in [5.41, 5.74) is 0. The highest BCUT2D eigenvalue weighted by Gasteiger charge is 2.43. The standard InChI is InChI=1S/C12H13BrOS/c13-10-3-4-15-12(10)11(14)9-6-7-1-2-8(9)5-7/h3-4,7-9H,1-2,5-6H2. The van der Waals surface area contributed by atoms with E-state index in [9.17, 15) is 4.79 Å². The molecule has 1 nitrogen and oxygen atoms in total. The number of carbonyl (C=O) groups is 1. The van der Waals surface area contributed by atoms with Crippen LogP contribution in [0.4, 0.5) is 0 Å². The molecule has 2 fully saturated rings. The second-order valence-electron chi connectivity index (χ2n) is 4.74. The van der Waals surface area contributed by atoms with Crippen LogP contribution in [0.25, 0.3) is 0 Å². The molecule has 0 aromatic carbocycles. The van der Waals surface area contributed by atoms with Crippen molar-refractivity contribution in [2.75, 3.05) is 0 Å². The zero-order valence-electron chi connectivity index (χ0n) is 8.41. The minimum Gasteiger partial charge on any atom is -0.293 e. The van der Waals surface area contributed by atoms with Gasteiger partial charge >= 0.3 is 0 Å². The molecule has 1 aromatic heterocycles. The average Bonchev–Trinajstić information content (AvgIpc) is 2.91. The van der Waals surface area contributed by atoms with Gasteiger partial charge in [0, 0.05) is 10.4 Å². The maximum atomic E-state index is 12.3. The second kappa shape index (κ2) is 3.70. The van der Waals surface area contributed by atoms with Crippen molar-refractivity contribution < 1.29 is 4.79 Å². The highest BCUT2D eigenvalue weighted by Crippen LogP contribution is 2.49. The van der Waals surface area contributed by atoms with E-state index in [1.54, 1.807) is 11.3 Å². The first-order chi connectivity index (χ1) is 7.25. The number of hydrogen-bond donors (Lipinski definition) is 0. The number of fused-ring (bicyclic) bond motifs is 2. The van der Waals surface area contributed by atoms with Gasteiger partial charge < -0.3 is 0 Å². The van der Waals surface area contributed by atoms with Gasteiger partial charge in [-0.25, -0.2) is 0 Å². The Balaban J connectivity index is 1.84. The number of thiophene rings is 1. The zero-order chi connectivity index (χ0) is 10.4. The third kappa shape index (κ3) is 1.60. The van der Waals surface area contributed by atoms with Crippen LogP contribution < -0.4 is 0 Å². The van der Waals surface area contributed by atoms with Crippen LogP contribution in [0.5, 0.6) is 0 Å². The summed E-state index contributed by atoms with van der Waals surface area (Å²) in [5, 5.41) is 1.99. The highest BCUT2D eigenvalue weighted by atomic mass is 79.9. The molecule has 3 heteroatoms. The third-order valence-corrected chi connectivity index (χ3v) is 5.77. The van der Waals surface area contributed by atoms with Crippen LogP contribution in [-0.2, 0) is 0 Å². The molecule has 2 bridgehead atoms. The van der Waals surface area contributed by atoms with Crippen LogP contribution >= 0.6 is 27.3 Å². The molecule has 0 N–H and O–H groups in total. The van der Waals surface area contributed by atoms with E-state index in [4.69, 9.17) is 0 Å². The fraction of sp³-hybridized carbons (Fsp3) is 0.583. The summed E-state index contributed by atoms with van der Waals surface area (Å²) in [6, 6.07) is 1.98. The van der Waals surface area contributed by atoms with Crippen molar-refractivity contribution in [3.8, 4) is 0 Å². The average molecular weight is 285 g/mol. The maximum Gasteiger partial charge on any atom is 0.177 e. The Labute approximate surface area is 102 Å². The first kappa shape index (κ1) is 10.0. The van der Waals surface area contributed by atoms with Gasteiger partial charge in [0.15, 0.2) is 5.78 Å². The molecule has 0 radical (unpaired) electrons. The summed E-state index contributed by atoms with van der Waals surface area (Å²) in [5.74, 6) is 2.27. The molecule has 1 heterocycles. The Morgan fingerprint density at radius 3 is 2.80 bits per heavy atom. The van der Waals surface area contributed by atoms with Crippen LogP contribution in [0.15, 0.2) is 15.9 Å². The van der Waals surface area contributed by atoms with Crippen molar-refractivity contribution in [2.24, 2.45) is 17.8 Å². The van der Waals surface area contributed by atoms with E-state index >= 15 is 0 Å². The highest BCUT2D eigenvalue weighted by molar-refractivity contribution is 9.10. The van der Waals surface area contributed by atoms with E-state index in [0.717, 1.165) is 21.7 Å². The van der Waals surface area contributed by atoms with Gasteiger partial charge in [-0.3, -0.25) is 4.79 Å². The lowest BCUT2D eigenvalue weighted by Crippen LogP contribution is -2.20. The Morgan fingerprint density at radius 2 is 2.27 bits per heavy atom. The normalized spacial score (nSPS) is 33.5. The fourth-order valence-corrected chi connectivity index (χ4v) is 4.78. The minimum absolute atomic E-state index is 0.332. The van der Waals surface area contributed by atoms with Gasteiger partial charge in [-0.1, -0.05) is 6.42 Å². The molecule has 1 aromatic rings. The lowest BCUT2D eigenvalue weighted by atomic mass is 9.85. The maximum absolute atomic E-state index is 12.3. The Morgan fingerprint density at radius 1 is 1.40 bits per heavy atom. The van der Waals surface area contributed by atoms with Crippen molar-refractivity contribution >= 4 is 33.0 Å². The number of hydrogen-bond acceptors (Lipinski definition) is 2. The molecule has 2 aliphatic carbocycles. The van der Waals surface area contributed by atoms with E-state index in [-0.39, 0.29) is 0 Å². The van der Waals surface area contributed by atoms with Gasteiger partial charge in [0.25, 0.3) is 0 Å². The lowest BCUT2D eigenvalue weighted by molar-refractivity contribution is 0.0878. The molecular weight excluding hydrogens is 272 g/mol. The second-order valence-corrected chi connectivity index (χ2v) is 6.51. The van der Waals surface area contributed by atoms with Gasteiger partial charge in [0.1, 0.15) is 0 Å². The molecule has 2 aliphatic rings. The minimum atomic E-state index is 0.332. The Bertz CT molecular complexity index is 398. The predicted octanol–water partition coefficient (Wildman–Crippen LogP) is 4.13. The molecule has 3 atom stereocenters. The van der Waals surface area contributed by atoms with E-state index in [1.807, 2.05) is 11.4 Å². The molecule has 0 spiro atoms. The predicted molar refractivity (Wildman–Crippen MR) is 65.3 cm³/mol. The lowest BCUT2D eigenvalue weighted by Gasteiger charge is -2.19. The van der Waals surface area contributed by atoms with Crippen molar-refractivity contribution in [1.29, 1.82) is 0 Å².